The lowest BCUT2D eigenvalue weighted by Gasteiger charge is -2.33. The Labute approximate surface area is 103 Å². The molecule has 0 saturated heterocycles. The minimum absolute atomic E-state index is 0.0324. The molecule has 5 nitrogen and oxygen atoms in total. The van der Waals surface area contributed by atoms with E-state index in [4.69, 9.17) is 0 Å². The molecule has 0 amide bonds. The highest BCUT2D eigenvalue weighted by molar-refractivity contribution is 7.89. The third kappa shape index (κ3) is 3.96. The molecule has 0 aliphatic heterocycles. The first kappa shape index (κ1) is 14.4. The average Bonchev–Trinajstić information content (AvgIpc) is 2.28. The van der Waals surface area contributed by atoms with Crippen LogP contribution in [-0.2, 0) is 14.8 Å². The summed E-state index contributed by atoms with van der Waals surface area (Å²) in [5.74, 6) is -0.820. The number of hydrogen-bond donors (Lipinski definition) is 2. The van der Waals surface area contributed by atoms with Gasteiger partial charge in [-0.15, -0.1) is 0 Å². The first-order valence-electron chi connectivity index (χ1n) is 6.13. The number of sulfonamides is 1. The van der Waals surface area contributed by atoms with Gasteiger partial charge in [0.05, 0.1) is 11.2 Å². The van der Waals surface area contributed by atoms with Gasteiger partial charge >= 0.3 is 5.97 Å². The van der Waals surface area contributed by atoms with Crippen molar-refractivity contribution in [2.75, 3.05) is 12.3 Å². The summed E-state index contributed by atoms with van der Waals surface area (Å²) >= 11 is 0. The van der Waals surface area contributed by atoms with Gasteiger partial charge in [0, 0.05) is 6.54 Å². The predicted octanol–water partition coefficient (Wildman–Crippen LogP) is 1.35. The summed E-state index contributed by atoms with van der Waals surface area (Å²) in [6.45, 7) is 1.82. The fraction of sp³-hybridized carbons (Fsp3) is 0.909. The summed E-state index contributed by atoms with van der Waals surface area (Å²) in [5, 5.41) is 9.28. The standard InChI is InChI=1S/C11H21NO4S/c1-2-8-17(15,16)12-9-11(10(13)14)6-4-3-5-7-11/h12H,2-9H2,1H3,(H,13,14). The first-order chi connectivity index (χ1) is 7.92. The zero-order valence-corrected chi connectivity index (χ0v) is 11.1. The molecule has 1 saturated carbocycles. The van der Waals surface area contributed by atoms with E-state index in [1.54, 1.807) is 6.92 Å². The van der Waals surface area contributed by atoms with Gasteiger partial charge in [-0.1, -0.05) is 26.2 Å². The minimum Gasteiger partial charge on any atom is -0.481 e. The summed E-state index contributed by atoms with van der Waals surface area (Å²) in [4.78, 5) is 11.3. The number of nitrogens with one attached hydrogen (secondary N) is 1. The summed E-state index contributed by atoms with van der Waals surface area (Å²) in [6, 6.07) is 0. The van der Waals surface area contributed by atoms with Gasteiger partial charge < -0.3 is 5.11 Å². The van der Waals surface area contributed by atoms with E-state index < -0.39 is 21.4 Å². The van der Waals surface area contributed by atoms with E-state index in [1.165, 1.54) is 0 Å². The lowest BCUT2D eigenvalue weighted by Crippen LogP contribution is -2.44. The van der Waals surface area contributed by atoms with E-state index in [0.717, 1.165) is 19.3 Å². The highest BCUT2D eigenvalue weighted by atomic mass is 32.2. The number of hydrogen-bond acceptors (Lipinski definition) is 3. The van der Waals surface area contributed by atoms with Gasteiger partial charge in [-0.25, -0.2) is 13.1 Å². The van der Waals surface area contributed by atoms with Crippen molar-refractivity contribution in [2.45, 2.75) is 45.4 Å². The molecule has 0 aromatic carbocycles. The average molecular weight is 263 g/mol. The number of carboxylic acids is 1. The molecular formula is C11H21NO4S. The van der Waals surface area contributed by atoms with Crippen molar-refractivity contribution in [3.63, 3.8) is 0 Å². The molecule has 1 fully saturated rings. The van der Waals surface area contributed by atoms with Crippen LogP contribution in [0.25, 0.3) is 0 Å². The molecule has 0 aromatic rings. The molecule has 0 atom stereocenters. The van der Waals surface area contributed by atoms with E-state index >= 15 is 0 Å². The molecule has 0 aromatic heterocycles. The monoisotopic (exact) mass is 263 g/mol. The molecule has 6 heteroatoms. The van der Waals surface area contributed by atoms with E-state index in [1.807, 2.05) is 0 Å². The van der Waals surface area contributed by atoms with Crippen LogP contribution < -0.4 is 4.72 Å². The van der Waals surface area contributed by atoms with Crippen LogP contribution in [0.3, 0.4) is 0 Å². The van der Waals surface area contributed by atoms with Gasteiger partial charge in [0.25, 0.3) is 0 Å². The molecule has 100 valence electrons. The third-order valence-electron chi connectivity index (χ3n) is 3.37. The van der Waals surface area contributed by atoms with Crippen LogP contribution in [-0.4, -0.2) is 31.8 Å². The van der Waals surface area contributed by atoms with Gasteiger partial charge in [0.15, 0.2) is 0 Å². The molecule has 0 heterocycles. The second-order valence-electron chi connectivity index (χ2n) is 4.79. The van der Waals surface area contributed by atoms with Gasteiger partial charge in [-0.3, -0.25) is 4.79 Å². The van der Waals surface area contributed by atoms with Crippen LogP contribution in [0.4, 0.5) is 0 Å². The van der Waals surface area contributed by atoms with Gasteiger partial charge in [0.2, 0.25) is 10.0 Å². The minimum atomic E-state index is -3.32. The molecule has 1 aliphatic rings. The lowest BCUT2D eigenvalue weighted by molar-refractivity contribution is -0.150. The van der Waals surface area contributed by atoms with Gasteiger partial charge in [-0.05, 0) is 19.3 Å². The maximum atomic E-state index is 11.5. The number of aliphatic carboxylic acids is 1. The third-order valence-corrected chi connectivity index (χ3v) is 4.90. The van der Waals surface area contributed by atoms with Gasteiger partial charge in [-0.2, -0.15) is 0 Å². The number of carboxylic acid groups (broad SMARTS) is 1. The normalized spacial score (nSPS) is 20.1. The second-order valence-corrected chi connectivity index (χ2v) is 6.71. The SMILES string of the molecule is CCCS(=O)(=O)NCC1(C(=O)O)CCCCC1. The van der Waals surface area contributed by atoms with E-state index in [0.29, 0.717) is 19.3 Å². The maximum absolute atomic E-state index is 11.5. The predicted molar refractivity (Wildman–Crippen MR) is 65.2 cm³/mol. The van der Waals surface area contributed by atoms with Crippen molar-refractivity contribution in [1.29, 1.82) is 0 Å². The first-order valence-corrected chi connectivity index (χ1v) is 7.78. The van der Waals surface area contributed by atoms with Crippen LogP contribution in [0.1, 0.15) is 45.4 Å². The maximum Gasteiger partial charge on any atom is 0.310 e. The largest absolute Gasteiger partial charge is 0.481 e. The Morgan fingerprint density at radius 3 is 2.35 bits per heavy atom. The Morgan fingerprint density at radius 1 is 1.29 bits per heavy atom. The van der Waals surface area contributed by atoms with E-state index in [2.05, 4.69) is 4.72 Å². The van der Waals surface area contributed by atoms with E-state index in [-0.39, 0.29) is 12.3 Å². The zero-order chi connectivity index (χ0) is 12.9. The van der Waals surface area contributed by atoms with Crippen LogP contribution in [0, 0.1) is 5.41 Å². The fourth-order valence-corrected chi connectivity index (χ4v) is 3.46. The van der Waals surface area contributed by atoms with Crippen LogP contribution in [0.2, 0.25) is 0 Å². The summed E-state index contributed by atoms with van der Waals surface area (Å²) in [6.07, 6.45) is 4.43. The van der Waals surface area contributed by atoms with E-state index in [9.17, 15) is 18.3 Å². The topological polar surface area (TPSA) is 83.5 Å². The Morgan fingerprint density at radius 2 is 1.88 bits per heavy atom. The molecule has 0 bridgehead atoms. The molecule has 0 radical (unpaired) electrons. The second kappa shape index (κ2) is 5.82. The Bertz CT molecular complexity index is 358. The van der Waals surface area contributed by atoms with Gasteiger partial charge in [0.1, 0.15) is 0 Å². The molecule has 0 spiro atoms. The summed E-state index contributed by atoms with van der Waals surface area (Å²) < 4.78 is 25.5. The molecule has 1 aliphatic carbocycles. The molecule has 0 unspecified atom stereocenters. The van der Waals surface area contributed by atoms with Crippen LogP contribution in [0.5, 0.6) is 0 Å². The van der Waals surface area contributed by atoms with Crippen molar-refractivity contribution >= 4 is 16.0 Å². The fourth-order valence-electron chi connectivity index (χ4n) is 2.28. The van der Waals surface area contributed by atoms with Crippen LogP contribution in [0.15, 0.2) is 0 Å². The zero-order valence-electron chi connectivity index (χ0n) is 10.2. The van der Waals surface area contributed by atoms with Crippen molar-refractivity contribution in [1.82, 2.24) is 4.72 Å². The van der Waals surface area contributed by atoms with Crippen LogP contribution >= 0.6 is 0 Å². The molecule has 1 rings (SSSR count). The molecular weight excluding hydrogens is 242 g/mol. The Hall–Kier alpha value is -0.620. The highest BCUT2D eigenvalue weighted by Gasteiger charge is 2.40. The highest BCUT2D eigenvalue weighted by Crippen LogP contribution is 2.36. The van der Waals surface area contributed by atoms with Crippen molar-refractivity contribution in [2.24, 2.45) is 5.41 Å². The van der Waals surface area contributed by atoms with Crippen molar-refractivity contribution in [3.05, 3.63) is 0 Å². The number of carbonyl (C=O) groups is 1. The smallest absolute Gasteiger partial charge is 0.310 e. The quantitative estimate of drug-likeness (QED) is 0.757. The Kier molecular flexibility index (Phi) is 4.94. The molecule has 2 N–H and O–H groups in total. The molecule has 17 heavy (non-hydrogen) atoms. The van der Waals surface area contributed by atoms with Crippen molar-refractivity contribution < 1.29 is 18.3 Å². The van der Waals surface area contributed by atoms with Crippen molar-refractivity contribution in [3.8, 4) is 0 Å². The summed E-state index contributed by atoms with van der Waals surface area (Å²) in [7, 11) is -3.32. The summed E-state index contributed by atoms with van der Waals surface area (Å²) in [5.41, 5.74) is -0.890. The number of rotatable bonds is 6. The lowest BCUT2D eigenvalue weighted by atomic mass is 9.74. The Balaban J connectivity index is 2.65.